The number of hydrogen-bond acceptors (Lipinski definition) is 5. The van der Waals surface area contributed by atoms with E-state index in [-0.39, 0.29) is 30.4 Å². The molecule has 1 fully saturated rings. The molecule has 1 aliphatic rings. The van der Waals surface area contributed by atoms with Gasteiger partial charge in [-0.05, 0) is 56.6 Å². The molecule has 1 aliphatic carbocycles. The van der Waals surface area contributed by atoms with E-state index < -0.39 is 0 Å². The van der Waals surface area contributed by atoms with E-state index in [2.05, 4.69) is 27.6 Å². The number of rotatable bonds is 8. The number of likely N-dealkylation sites (N-methyl/N-ethyl adjacent to an activating group) is 1. The maximum absolute atomic E-state index is 12.7. The molecule has 2 amide bonds. The first-order chi connectivity index (χ1) is 15.0. The quantitative estimate of drug-likeness (QED) is 0.587. The summed E-state index contributed by atoms with van der Waals surface area (Å²) in [6.45, 7) is 2.25. The van der Waals surface area contributed by atoms with E-state index >= 15 is 0 Å². The Morgan fingerprint density at radius 2 is 1.90 bits per heavy atom. The van der Waals surface area contributed by atoms with Gasteiger partial charge in [0.05, 0.1) is 23.5 Å². The molecule has 0 bridgehead atoms. The van der Waals surface area contributed by atoms with Gasteiger partial charge in [0.25, 0.3) is 5.91 Å². The maximum atomic E-state index is 12.7. The van der Waals surface area contributed by atoms with Crippen LogP contribution in [0.15, 0.2) is 61.2 Å². The third-order valence-corrected chi connectivity index (χ3v) is 5.47. The van der Waals surface area contributed by atoms with Gasteiger partial charge in [-0.3, -0.25) is 14.5 Å². The van der Waals surface area contributed by atoms with Crippen molar-refractivity contribution in [3.8, 4) is 5.69 Å². The summed E-state index contributed by atoms with van der Waals surface area (Å²) in [4.78, 5) is 31.0. The Morgan fingerprint density at radius 3 is 2.58 bits per heavy atom. The van der Waals surface area contributed by atoms with Crippen molar-refractivity contribution in [2.24, 2.45) is 0 Å². The molecular weight excluding hydrogens is 392 g/mol. The highest BCUT2D eigenvalue weighted by Gasteiger charge is 2.25. The number of amides is 2. The van der Waals surface area contributed by atoms with Gasteiger partial charge in [-0.15, -0.1) is 0 Å². The maximum Gasteiger partial charge on any atom is 0.253 e. The van der Waals surface area contributed by atoms with Crippen LogP contribution in [-0.4, -0.2) is 51.1 Å². The van der Waals surface area contributed by atoms with Gasteiger partial charge in [-0.1, -0.05) is 24.3 Å². The molecule has 0 saturated heterocycles. The number of benzene rings is 2. The summed E-state index contributed by atoms with van der Waals surface area (Å²) in [6, 6.07) is 15.4. The number of anilines is 1. The molecule has 1 unspecified atom stereocenters. The largest absolute Gasteiger partial charge is 0.349 e. The zero-order valence-corrected chi connectivity index (χ0v) is 17.7. The molecule has 0 aliphatic heterocycles. The summed E-state index contributed by atoms with van der Waals surface area (Å²) in [7, 11) is 1.90. The third kappa shape index (κ3) is 5.16. The molecule has 1 saturated carbocycles. The lowest BCUT2D eigenvalue weighted by Gasteiger charge is -2.25. The first kappa shape index (κ1) is 20.7. The second-order valence-corrected chi connectivity index (χ2v) is 7.86. The van der Waals surface area contributed by atoms with Crippen LogP contribution in [0.2, 0.25) is 0 Å². The predicted octanol–water partition coefficient (Wildman–Crippen LogP) is 2.79. The van der Waals surface area contributed by atoms with E-state index in [0.717, 1.165) is 24.1 Å². The number of aromatic nitrogens is 3. The molecule has 1 atom stereocenters. The van der Waals surface area contributed by atoms with Gasteiger partial charge >= 0.3 is 0 Å². The highest BCUT2D eigenvalue weighted by Crippen LogP contribution is 2.23. The van der Waals surface area contributed by atoms with E-state index in [1.165, 1.54) is 6.33 Å². The number of nitrogens with zero attached hydrogens (tertiary/aromatic N) is 4. The number of para-hydroxylation sites is 1. The van der Waals surface area contributed by atoms with Gasteiger partial charge in [0, 0.05) is 12.1 Å². The minimum absolute atomic E-state index is 0.0314. The summed E-state index contributed by atoms with van der Waals surface area (Å²) >= 11 is 0. The van der Waals surface area contributed by atoms with Gasteiger partial charge in [-0.2, -0.15) is 5.10 Å². The fourth-order valence-electron chi connectivity index (χ4n) is 3.34. The van der Waals surface area contributed by atoms with Crippen LogP contribution in [0.25, 0.3) is 5.69 Å². The minimum Gasteiger partial charge on any atom is -0.349 e. The van der Waals surface area contributed by atoms with Crippen molar-refractivity contribution in [1.29, 1.82) is 0 Å². The molecule has 3 aromatic rings. The molecule has 0 radical (unpaired) electrons. The zero-order valence-electron chi connectivity index (χ0n) is 17.7. The molecule has 4 rings (SSSR count). The van der Waals surface area contributed by atoms with Crippen molar-refractivity contribution in [2.45, 2.75) is 31.8 Å². The van der Waals surface area contributed by atoms with Crippen LogP contribution < -0.4 is 10.6 Å². The van der Waals surface area contributed by atoms with Crippen LogP contribution in [0.4, 0.5) is 5.69 Å². The Balaban J connectivity index is 1.37. The number of carbonyl (C=O) groups excluding carboxylic acids is 2. The normalized spacial score (nSPS) is 14.3. The van der Waals surface area contributed by atoms with Gasteiger partial charge in [0.1, 0.15) is 12.7 Å². The first-order valence-corrected chi connectivity index (χ1v) is 10.4. The van der Waals surface area contributed by atoms with Gasteiger partial charge < -0.3 is 10.6 Å². The fourth-order valence-corrected chi connectivity index (χ4v) is 3.34. The lowest BCUT2D eigenvalue weighted by Crippen LogP contribution is -2.33. The SMILES string of the molecule is CC(c1ccc(-n2cncn2)cc1)N(C)CC(=O)Nc1ccccc1C(=O)NC1CC1. The van der Waals surface area contributed by atoms with Gasteiger partial charge in [-0.25, -0.2) is 9.67 Å². The molecule has 8 heteroatoms. The van der Waals surface area contributed by atoms with Crippen molar-refractivity contribution >= 4 is 17.5 Å². The summed E-state index contributed by atoms with van der Waals surface area (Å²) < 4.78 is 1.70. The standard InChI is InChI=1S/C23H26N6O2/c1-16(17-7-11-19(12-8-17)29-15-24-14-25-29)28(2)13-22(30)27-21-6-4-3-5-20(21)23(31)26-18-9-10-18/h3-8,11-12,14-16,18H,9-10,13H2,1-2H3,(H,26,31)(H,27,30). The lowest BCUT2D eigenvalue weighted by atomic mass is 10.1. The van der Waals surface area contributed by atoms with Crippen LogP contribution in [0.3, 0.4) is 0 Å². The van der Waals surface area contributed by atoms with Crippen LogP contribution in [-0.2, 0) is 4.79 Å². The van der Waals surface area contributed by atoms with Crippen molar-refractivity contribution in [3.05, 3.63) is 72.3 Å². The molecule has 2 N–H and O–H groups in total. The van der Waals surface area contributed by atoms with Crippen LogP contribution in [0, 0.1) is 0 Å². The Kier molecular flexibility index (Phi) is 6.08. The van der Waals surface area contributed by atoms with Crippen molar-refractivity contribution in [2.75, 3.05) is 18.9 Å². The van der Waals surface area contributed by atoms with Crippen LogP contribution in [0.1, 0.15) is 41.7 Å². The number of nitrogens with one attached hydrogen (secondary N) is 2. The Bertz CT molecular complexity index is 1040. The Morgan fingerprint density at radius 1 is 1.16 bits per heavy atom. The highest BCUT2D eigenvalue weighted by atomic mass is 16.2. The average Bonchev–Trinajstić information content (AvgIpc) is 3.41. The molecule has 0 spiro atoms. The topological polar surface area (TPSA) is 92.2 Å². The Labute approximate surface area is 181 Å². The number of carbonyl (C=O) groups is 2. The van der Waals surface area contributed by atoms with Crippen molar-refractivity contribution in [3.63, 3.8) is 0 Å². The number of hydrogen-bond donors (Lipinski definition) is 2. The molecule has 2 aromatic carbocycles. The summed E-state index contributed by atoms with van der Waals surface area (Å²) in [6.07, 6.45) is 5.18. The van der Waals surface area contributed by atoms with Crippen LogP contribution in [0.5, 0.6) is 0 Å². The summed E-state index contributed by atoms with van der Waals surface area (Å²) in [5.74, 6) is -0.312. The molecule has 31 heavy (non-hydrogen) atoms. The van der Waals surface area contributed by atoms with Gasteiger partial charge in [0.15, 0.2) is 0 Å². The summed E-state index contributed by atoms with van der Waals surface area (Å²) in [5, 5.41) is 9.99. The smallest absolute Gasteiger partial charge is 0.253 e. The molecule has 1 heterocycles. The third-order valence-electron chi connectivity index (χ3n) is 5.47. The van der Waals surface area contributed by atoms with Gasteiger partial charge in [0.2, 0.25) is 5.91 Å². The Hall–Kier alpha value is -3.52. The van der Waals surface area contributed by atoms with E-state index in [0.29, 0.717) is 11.3 Å². The van der Waals surface area contributed by atoms with E-state index in [1.54, 1.807) is 29.2 Å². The van der Waals surface area contributed by atoms with Crippen LogP contribution >= 0.6 is 0 Å². The summed E-state index contributed by atoms with van der Waals surface area (Å²) in [5.41, 5.74) is 3.03. The lowest BCUT2D eigenvalue weighted by molar-refractivity contribution is -0.117. The second-order valence-electron chi connectivity index (χ2n) is 7.86. The molecule has 8 nitrogen and oxygen atoms in total. The molecule has 1 aromatic heterocycles. The predicted molar refractivity (Wildman–Crippen MR) is 118 cm³/mol. The van der Waals surface area contributed by atoms with Crippen molar-refractivity contribution < 1.29 is 9.59 Å². The van der Waals surface area contributed by atoms with E-state index in [1.807, 2.05) is 42.3 Å². The minimum atomic E-state index is -0.166. The fraction of sp³-hybridized carbons (Fsp3) is 0.304. The highest BCUT2D eigenvalue weighted by molar-refractivity contribution is 6.04. The zero-order chi connectivity index (χ0) is 21.8. The molecular formula is C23H26N6O2. The van der Waals surface area contributed by atoms with Crippen molar-refractivity contribution in [1.82, 2.24) is 25.0 Å². The van der Waals surface area contributed by atoms with E-state index in [4.69, 9.17) is 0 Å². The first-order valence-electron chi connectivity index (χ1n) is 10.4. The van der Waals surface area contributed by atoms with E-state index in [9.17, 15) is 9.59 Å². The monoisotopic (exact) mass is 418 g/mol. The average molecular weight is 419 g/mol. The second kappa shape index (κ2) is 9.09. The molecule has 160 valence electrons.